The zero-order chi connectivity index (χ0) is 20.7. The molecule has 0 spiro atoms. The van der Waals surface area contributed by atoms with Crippen LogP contribution in [-0.2, 0) is 6.42 Å². The van der Waals surface area contributed by atoms with Gasteiger partial charge in [-0.05, 0) is 60.0 Å². The molecule has 0 N–H and O–H groups in total. The van der Waals surface area contributed by atoms with Crippen LogP contribution in [0.4, 0.5) is 4.39 Å². The predicted octanol–water partition coefficient (Wildman–Crippen LogP) is 9.37. The molecule has 158 valence electrons. The summed E-state index contributed by atoms with van der Waals surface area (Å²) in [5, 5.41) is 1.07. The minimum Gasteiger partial charge on any atom is -0.205 e. The lowest BCUT2D eigenvalue weighted by molar-refractivity contribution is 0.301. The third-order valence-corrected chi connectivity index (χ3v) is 7.86. The molecule has 0 aliphatic carbocycles. The molecule has 4 atom stereocenters. The summed E-state index contributed by atoms with van der Waals surface area (Å²) in [5.41, 5.74) is 0.911. The van der Waals surface area contributed by atoms with E-state index in [0.29, 0.717) is 5.92 Å². The summed E-state index contributed by atoms with van der Waals surface area (Å²) < 4.78 is 16.0. The van der Waals surface area contributed by atoms with E-state index in [-0.39, 0.29) is 11.7 Å². The minimum absolute atomic E-state index is 0.0337. The number of rotatable bonds is 12. The van der Waals surface area contributed by atoms with Crippen molar-refractivity contribution in [2.45, 2.75) is 98.8 Å². The molecule has 0 saturated carbocycles. The van der Waals surface area contributed by atoms with Gasteiger partial charge in [0.1, 0.15) is 5.82 Å². The molecule has 1 aromatic heterocycles. The number of aryl methyl sites for hydroxylation is 1. The highest BCUT2D eigenvalue weighted by molar-refractivity contribution is 7.19. The maximum absolute atomic E-state index is 15.1. The van der Waals surface area contributed by atoms with Crippen molar-refractivity contribution in [2.75, 3.05) is 0 Å². The predicted molar refractivity (Wildman–Crippen MR) is 125 cm³/mol. The first-order valence-corrected chi connectivity index (χ1v) is 12.4. The van der Waals surface area contributed by atoms with E-state index in [4.69, 9.17) is 0 Å². The van der Waals surface area contributed by atoms with E-state index in [2.05, 4.69) is 53.7 Å². The summed E-state index contributed by atoms with van der Waals surface area (Å²) >= 11 is 1.65. The summed E-state index contributed by atoms with van der Waals surface area (Å²) in [6.45, 7) is 13.8. The second-order valence-electron chi connectivity index (χ2n) is 9.25. The fourth-order valence-corrected chi connectivity index (χ4v) is 5.52. The van der Waals surface area contributed by atoms with Crippen LogP contribution in [0.1, 0.15) is 103 Å². The number of thiophene rings is 1. The zero-order valence-electron chi connectivity index (χ0n) is 19.0. The Labute approximate surface area is 176 Å². The second kappa shape index (κ2) is 11.3. The molecule has 1 heterocycles. The number of benzene rings is 1. The van der Waals surface area contributed by atoms with Gasteiger partial charge in [0, 0.05) is 4.88 Å². The molecule has 4 unspecified atom stereocenters. The molecule has 0 bridgehead atoms. The topological polar surface area (TPSA) is 0 Å². The Hall–Kier alpha value is -0.890. The van der Waals surface area contributed by atoms with Crippen molar-refractivity contribution < 1.29 is 4.39 Å². The fraction of sp³-hybridized carbons (Fsp3) is 0.692. The van der Waals surface area contributed by atoms with Crippen molar-refractivity contribution in [3.05, 3.63) is 34.5 Å². The Morgan fingerprint density at radius 2 is 1.54 bits per heavy atom. The van der Waals surface area contributed by atoms with Crippen LogP contribution in [0.3, 0.4) is 0 Å². The number of hydrogen-bond donors (Lipinski definition) is 0. The Balaban J connectivity index is 1.93. The quantitative estimate of drug-likeness (QED) is 0.330. The van der Waals surface area contributed by atoms with Crippen molar-refractivity contribution in [1.29, 1.82) is 0 Å². The Morgan fingerprint density at radius 3 is 2.18 bits per heavy atom. The Kier molecular flexibility index (Phi) is 9.47. The lowest BCUT2D eigenvalue weighted by Gasteiger charge is -2.23. The van der Waals surface area contributed by atoms with Crippen LogP contribution in [0.25, 0.3) is 10.1 Å². The van der Waals surface area contributed by atoms with E-state index in [0.717, 1.165) is 46.7 Å². The first-order valence-electron chi connectivity index (χ1n) is 11.6. The minimum atomic E-state index is 0.0337. The van der Waals surface area contributed by atoms with E-state index in [1.807, 2.05) is 6.07 Å². The molecular formula is C26H41FS. The van der Waals surface area contributed by atoms with Crippen molar-refractivity contribution >= 4 is 21.4 Å². The average Bonchev–Trinajstić information content (AvgIpc) is 3.08. The van der Waals surface area contributed by atoms with Gasteiger partial charge in [-0.1, -0.05) is 85.8 Å². The van der Waals surface area contributed by atoms with Crippen molar-refractivity contribution in [1.82, 2.24) is 0 Å². The lowest BCUT2D eigenvalue weighted by atomic mass is 9.83. The van der Waals surface area contributed by atoms with Crippen LogP contribution in [0.15, 0.2) is 18.2 Å². The van der Waals surface area contributed by atoms with Gasteiger partial charge in [-0.3, -0.25) is 0 Å². The van der Waals surface area contributed by atoms with Gasteiger partial charge in [-0.2, -0.15) is 0 Å². The van der Waals surface area contributed by atoms with Crippen LogP contribution < -0.4 is 0 Å². The molecular weight excluding hydrogens is 363 g/mol. The van der Waals surface area contributed by atoms with Gasteiger partial charge in [-0.15, -0.1) is 11.3 Å². The molecule has 0 saturated heterocycles. The average molecular weight is 405 g/mol. The normalized spacial score (nSPS) is 16.2. The van der Waals surface area contributed by atoms with Gasteiger partial charge in [0.25, 0.3) is 0 Å². The molecule has 28 heavy (non-hydrogen) atoms. The lowest BCUT2D eigenvalue weighted by Crippen LogP contribution is -2.11. The van der Waals surface area contributed by atoms with Gasteiger partial charge >= 0.3 is 0 Å². The number of halogens is 1. The smallest absolute Gasteiger partial charge is 0.144 e. The maximum atomic E-state index is 15.1. The summed E-state index contributed by atoms with van der Waals surface area (Å²) in [4.78, 5) is 1.31. The van der Waals surface area contributed by atoms with E-state index >= 15 is 4.39 Å². The van der Waals surface area contributed by atoms with Gasteiger partial charge in [0.15, 0.2) is 0 Å². The van der Waals surface area contributed by atoms with Crippen molar-refractivity contribution in [2.24, 2.45) is 17.8 Å². The van der Waals surface area contributed by atoms with Crippen molar-refractivity contribution in [3.63, 3.8) is 0 Å². The Morgan fingerprint density at radius 1 is 0.857 bits per heavy atom. The Bertz CT molecular complexity index is 717. The maximum Gasteiger partial charge on any atom is 0.144 e. The molecule has 0 aliphatic heterocycles. The van der Waals surface area contributed by atoms with Crippen molar-refractivity contribution in [3.8, 4) is 0 Å². The fourth-order valence-electron chi connectivity index (χ4n) is 4.31. The largest absolute Gasteiger partial charge is 0.205 e. The van der Waals surface area contributed by atoms with Crippen LogP contribution in [-0.4, -0.2) is 0 Å². The molecule has 0 nitrogen and oxygen atoms in total. The van der Waals surface area contributed by atoms with E-state index in [1.54, 1.807) is 11.3 Å². The molecule has 1 aromatic carbocycles. The number of hydrogen-bond acceptors (Lipinski definition) is 1. The van der Waals surface area contributed by atoms with E-state index < -0.39 is 0 Å². The van der Waals surface area contributed by atoms with E-state index in [9.17, 15) is 0 Å². The molecule has 0 fully saturated rings. The zero-order valence-corrected chi connectivity index (χ0v) is 19.8. The molecule has 0 amide bonds. The highest BCUT2D eigenvalue weighted by Gasteiger charge is 2.19. The van der Waals surface area contributed by atoms with Crippen LogP contribution in [0.2, 0.25) is 0 Å². The third kappa shape index (κ3) is 6.31. The van der Waals surface area contributed by atoms with Gasteiger partial charge in [0.2, 0.25) is 0 Å². The molecule has 0 radical (unpaired) electrons. The molecule has 2 aromatic rings. The van der Waals surface area contributed by atoms with Gasteiger partial charge < -0.3 is 0 Å². The third-order valence-electron chi connectivity index (χ3n) is 6.66. The van der Waals surface area contributed by atoms with Crippen LogP contribution in [0, 0.1) is 23.6 Å². The summed E-state index contributed by atoms with van der Waals surface area (Å²) in [5.74, 6) is 2.64. The summed E-state index contributed by atoms with van der Waals surface area (Å²) in [6, 6.07) is 6.33. The molecule has 2 heteroatoms. The first-order chi connectivity index (χ1) is 13.4. The molecule has 2 rings (SSSR count). The summed E-state index contributed by atoms with van der Waals surface area (Å²) in [6.07, 6.45) is 9.75. The van der Waals surface area contributed by atoms with Crippen LogP contribution >= 0.6 is 11.3 Å². The number of fused-ring (bicyclic) bond motifs is 1. The van der Waals surface area contributed by atoms with Gasteiger partial charge in [0.05, 0.1) is 4.70 Å². The monoisotopic (exact) mass is 404 g/mol. The highest BCUT2D eigenvalue weighted by atomic mass is 32.1. The second-order valence-corrected chi connectivity index (χ2v) is 10.4. The highest BCUT2D eigenvalue weighted by Crippen LogP contribution is 2.35. The molecule has 0 aliphatic rings. The van der Waals surface area contributed by atoms with Gasteiger partial charge in [-0.25, -0.2) is 4.39 Å². The SMILES string of the molecule is CCCc1cc2ccc(C(C)CCC(C)C(C)CCC(C)CCC)c(F)c2s1. The van der Waals surface area contributed by atoms with Crippen LogP contribution in [0.5, 0.6) is 0 Å². The van der Waals surface area contributed by atoms with E-state index in [1.165, 1.54) is 37.0 Å². The summed E-state index contributed by atoms with van der Waals surface area (Å²) in [7, 11) is 0. The standard InChI is InChI=1S/C26H41FS/c1-7-9-18(3)11-12-19(4)20(5)13-14-21(6)24-16-15-22-17-23(10-8-2)28-26(22)25(24)27/h15-21H,7-14H2,1-6H3. The first kappa shape index (κ1) is 23.4.